The Morgan fingerprint density at radius 1 is 1.54 bits per heavy atom. The molecule has 24 heavy (non-hydrogen) atoms. The van der Waals surface area contributed by atoms with E-state index in [4.69, 9.17) is 16.7 Å². The van der Waals surface area contributed by atoms with Gasteiger partial charge in [-0.3, -0.25) is 4.79 Å². The van der Waals surface area contributed by atoms with Crippen LogP contribution in [0.3, 0.4) is 0 Å². The molecule has 0 aromatic carbocycles. The first-order valence-corrected chi connectivity index (χ1v) is 8.92. The zero-order chi connectivity index (χ0) is 18.1. The molecule has 132 valence electrons. The number of pyridine rings is 1. The second-order valence-electron chi connectivity index (χ2n) is 5.95. The fourth-order valence-corrected chi connectivity index (χ4v) is 3.96. The van der Waals surface area contributed by atoms with E-state index in [0.29, 0.717) is 4.90 Å². The van der Waals surface area contributed by atoms with Gasteiger partial charge in [-0.1, -0.05) is 11.6 Å². The molecule has 0 aliphatic carbocycles. The summed E-state index contributed by atoms with van der Waals surface area (Å²) in [4.78, 5) is 28.5. The topological polar surface area (TPSA) is 90.7 Å². The van der Waals surface area contributed by atoms with Crippen LogP contribution in [0.5, 0.6) is 0 Å². The number of hydrogen-bond donors (Lipinski definition) is 2. The maximum Gasteiger partial charge on any atom is 0.407 e. The number of halogens is 2. The van der Waals surface area contributed by atoms with Gasteiger partial charge < -0.3 is 15.1 Å². The lowest BCUT2D eigenvalue weighted by Gasteiger charge is -2.41. The molecule has 1 aromatic rings. The van der Waals surface area contributed by atoms with Gasteiger partial charge >= 0.3 is 12.1 Å². The molecule has 9 heteroatoms. The van der Waals surface area contributed by atoms with E-state index >= 15 is 0 Å². The van der Waals surface area contributed by atoms with Crippen LogP contribution in [0.25, 0.3) is 0 Å². The maximum atomic E-state index is 14.5. The van der Waals surface area contributed by atoms with Gasteiger partial charge in [0.2, 0.25) is 0 Å². The molecular formula is C15H18ClFN2O4S. The van der Waals surface area contributed by atoms with Crippen LogP contribution in [0.4, 0.5) is 9.18 Å². The summed E-state index contributed by atoms with van der Waals surface area (Å²) in [5, 5.41) is 19.0. The summed E-state index contributed by atoms with van der Waals surface area (Å²) in [6, 6.07) is 0.920. The normalized spacial score (nSPS) is 24.0. The smallest absolute Gasteiger partial charge is 0.407 e. The van der Waals surface area contributed by atoms with Crippen LogP contribution >= 0.6 is 23.4 Å². The van der Waals surface area contributed by atoms with Crippen molar-refractivity contribution in [2.24, 2.45) is 5.41 Å². The zero-order valence-corrected chi connectivity index (χ0v) is 14.8. The molecule has 1 aliphatic heterocycles. The average Bonchev–Trinajstić information content (AvgIpc) is 2.50. The number of aromatic nitrogens is 1. The van der Waals surface area contributed by atoms with Crippen LogP contribution in [0.1, 0.15) is 25.5 Å². The molecule has 2 atom stereocenters. The van der Waals surface area contributed by atoms with E-state index in [1.807, 2.05) is 0 Å². The summed E-state index contributed by atoms with van der Waals surface area (Å²) in [5.74, 6) is -1.65. The van der Waals surface area contributed by atoms with Gasteiger partial charge in [-0.2, -0.15) is 0 Å². The third-order valence-electron chi connectivity index (χ3n) is 4.44. The first-order chi connectivity index (χ1) is 11.2. The lowest BCUT2D eigenvalue weighted by molar-refractivity contribution is -0.153. The number of thioether (sulfide) groups is 1. The largest absolute Gasteiger partial charge is 0.481 e. The standard InChI is InChI=1S/C15H18ClFN2O4S/c1-8-6-15(13(20)21,3-4-19(8)14(22)23)7-9-12(17)10(24-2)5-11(16)18-9/h5,8H,3-4,6-7H2,1-2H3,(H,20,21)(H,22,23). The first kappa shape index (κ1) is 18.8. The van der Waals surface area contributed by atoms with Crippen LogP contribution in [-0.4, -0.2) is 51.0 Å². The molecule has 0 spiro atoms. The van der Waals surface area contributed by atoms with Crippen molar-refractivity contribution in [3.8, 4) is 0 Å². The Morgan fingerprint density at radius 3 is 2.71 bits per heavy atom. The zero-order valence-electron chi connectivity index (χ0n) is 13.3. The van der Waals surface area contributed by atoms with Crippen LogP contribution in [0.15, 0.2) is 11.0 Å². The van der Waals surface area contributed by atoms with E-state index in [2.05, 4.69) is 4.98 Å². The van der Waals surface area contributed by atoms with Gasteiger partial charge in [0, 0.05) is 23.9 Å². The van der Waals surface area contributed by atoms with Crippen LogP contribution in [-0.2, 0) is 11.2 Å². The Balaban J connectivity index is 2.36. The van der Waals surface area contributed by atoms with Gasteiger partial charge in [-0.25, -0.2) is 14.2 Å². The van der Waals surface area contributed by atoms with E-state index in [0.717, 1.165) is 0 Å². The molecule has 1 aliphatic rings. The van der Waals surface area contributed by atoms with Crippen LogP contribution < -0.4 is 0 Å². The van der Waals surface area contributed by atoms with E-state index in [9.17, 15) is 19.1 Å². The third kappa shape index (κ3) is 3.59. The number of carboxylic acid groups (broad SMARTS) is 2. The van der Waals surface area contributed by atoms with Gasteiger partial charge in [-0.05, 0) is 32.1 Å². The lowest BCUT2D eigenvalue weighted by Crippen LogP contribution is -2.51. The van der Waals surface area contributed by atoms with Crippen molar-refractivity contribution in [3.05, 3.63) is 22.7 Å². The molecule has 0 saturated carbocycles. The fraction of sp³-hybridized carbons (Fsp3) is 0.533. The number of hydrogen-bond acceptors (Lipinski definition) is 4. The molecule has 2 rings (SSSR count). The summed E-state index contributed by atoms with van der Waals surface area (Å²) < 4.78 is 14.5. The van der Waals surface area contributed by atoms with Gasteiger partial charge in [-0.15, -0.1) is 11.8 Å². The molecule has 1 saturated heterocycles. The van der Waals surface area contributed by atoms with E-state index in [1.165, 1.54) is 22.7 Å². The Hall–Kier alpha value is -1.54. The molecule has 1 amide bonds. The molecule has 2 unspecified atom stereocenters. The number of carbonyl (C=O) groups is 2. The number of likely N-dealkylation sites (tertiary alicyclic amines) is 1. The molecule has 1 fully saturated rings. The number of piperidine rings is 1. The highest BCUT2D eigenvalue weighted by molar-refractivity contribution is 7.98. The highest BCUT2D eigenvalue weighted by Crippen LogP contribution is 2.39. The highest BCUT2D eigenvalue weighted by atomic mass is 35.5. The second kappa shape index (κ2) is 7.14. The Labute approximate surface area is 148 Å². The molecule has 0 radical (unpaired) electrons. The molecule has 1 aromatic heterocycles. The predicted molar refractivity (Wildman–Crippen MR) is 88.2 cm³/mol. The minimum atomic E-state index is -1.26. The molecule has 2 N–H and O–H groups in total. The second-order valence-corrected chi connectivity index (χ2v) is 7.18. The third-order valence-corrected chi connectivity index (χ3v) is 5.37. The van der Waals surface area contributed by atoms with Crippen molar-refractivity contribution in [1.82, 2.24) is 9.88 Å². The number of amides is 1. The molecular weight excluding hydrogens is 359 g/mol. The van der Waals surface area contributed by atoms with E-state index < -0.39 is 29.3 Å². The van der Waals surface area contributed by atoms with Crippen molar-refractivity contribution in [3.63, 3.8) is 0 Å². The molecule has 6 nitrogen and oxygen atoms in total. The number of aliphatic carboxylic acids is 1. The summed E-state index contributed by atoms with van der Waals surface area (Å²) in [6.45, 7) is 1.74. The first-order valence-electron chi connectivity index (χ1n) is 7.32. The SMILES string of the molecule is CSc1cc(Cl)nc(CC2(C(=O)O)CCN(C(=O)O)C(C)C2)c1F. The summed E-state index contributed by atoms with van der Waals surface area (Å²) >= 11 is 7.08. The minimum absolute atomic E-state index is 0.00484. The highest BCUT2D eigenvalue weighted by Gasteiger charge is 2.46. The summed E-state index contributed by atoms with van der Waals surface area (Å²) in [5.41, 5.74) is -1.26. The Kier molecular flexibility index (Phi) is 5.59. The minimum Gasteiger partial charge on any atom is -0.481 e. The molecule has 2 heterocycles. The van der Waals surface area contributed by atoms with Gasteiger partial charge in [0.15, 0.2) is 5.82 Å². The quantitative estimate of drug-likeness (QED) is 0.618. The lowest BCUT2D eigenvalue weighted by atomic mass is 9.72. The monoisotopic (exact) mass is 376 g/mol. The number of rotatable bonds is 4. The van der Waals surface area contributed by atoms with Gasteiger partial charge in [0.25, 0.3) is 0 Å². The number of nitrogens with zero attached hydrogens (tertiary/aromatic N) is 2. The predicted octanol–water partition coefficient (Wildman–Crippen LogP) is 3.37. The number of carboxylic acids is 1. The molecule has 0 bridgehead atoms. The van der Waals surface area contributed by atoms with Crippen molar-refractivity contribution in [2.75, 3.05) is 12.8 Å². The Bertz CT molecular complexity index is 675. The fourth-order valence-electron chi connectivity index (χ4n) is 3.16. The van der Waals surface area contributed by atoms with Crippen LogP contribution in [0.2, 0.25) is 5.15 Å². The average molecular weight is 377 g/mol. The van der Waals surface area contributed by atoms with Gasteiger partial charge in [0.1, 0.15) is 5.15 Å². The van der Waals surface area contributed by atoms with Crippen molar-refractivity contribution < 1.29 is 24.2 Å². The summed E-state index contributed by atoms with van der Waals surface area (Å²) in [6.07, 6.45) is 0.676. The Morgan fingerprint density at radius 2 is 2.21 bits per heavy atom. The van der Waals surface area contributed by atoms with E-state index in [1.54, 1.807) is 13.2 Å². The maximum absolute atomic E-state index is 14.5. The van der Waals surface area contributed by atoms with Crippen LogP contribution in [0, 0.1) is 11.2 Å². The summed E-state index contributed by atoms with van der Waals surface area (Å²) in [7, 11) is 0. The van der Waals surface area contributed by atoms with Gasteiger partial charge in [0.05, 0.1) is 11.1 Å². The van der Waals surface area contributed by atoms with Crippen molar-refractivity contribution in [1.29, 1.82) is 0 Å². The van der Waals surface area contributed by atoms with E-state index in [-0.39, 0.29) is 36.7 Å². The van der Waals surface area contributed by atoms with Crippen molar-refractivity contribution >= 4 is 35.4 Å². The van der Waals surface area contributed by atoms with Crippen molar-refractivity contribution in [2.45, 2.75) is 37.1 Å².